The lowest BCUT2D eigenvalue weighted by Gasteiger charge is -2.14. The number of aryl methyl sites for hydroxylation is 3. The Labute approximate surface area is 166 Å². The van der Waals surface area contributed by atoms with Crippen LogP contribution in [0.5, 0.6) is 11.5 Å². The summed E-state index contributed by atoms with van der Waals surface area (Å²) in [5.74, 6) is 1.49. The first-order chi connectivity index (χ1) is 13.9. The zero-order chi connectivity index (χ0) is 20.9. The fourth-order valence-electron chi connectivity index (χ4n) is 3.80. The lowest BCUT2D eigenvalue weighted by molar-refractivity contribution is 0.408. The second kappa shape index (κ2) is 6.80. The first-order valence-electron chi connectivity index (χ1n) is 9.12. The van der Waals surface area contributed by atoms with Crippen molar-refractivity contribution in [2.75, 3.05) is 14.2 Å². The standard InChI is InChI=1S/C21H22N4O4/c1-12-8-16(28-4)14-7-6-13(9-15(14)18(12)29-5)10-25-20(26)17-19(22-11-23(17)2)24(3)21(25)27/h6-9,11H,10H2,1-5H3. The highest BCUT2D eigenvalue weighted by Crippen LogP contribution is 2.36. The molecule has 0 spiro atoms. The highest BCUT2D eigenvalue weighted by Gasteiger charge is 2.16. The van der Waals surface area contributed by atoms with Gasteiger partial charge in [0.1, 0.15) is 11.5 Å². The Morgan fingerprint density at radius 3 is 2.48 bits per heavy atom. The largest absolute Gasteiger partial charge is 0.496 e. The Morgan fingerprint density at radius 1 is 1.03 bits per heavy atom. The van der Waals surface area contributed by atoms with Crippen LogP contribution in [0.25, 0.3) is 21.9 Å². The molecule has 0 aliphatic heterocycles. The van der Waals surface area contributed by atoms with Gasteiger partial charge in [0.25, 0.3) is 5.56 Å². The van der Waals surface area contributed by atoms with Crippen LogP contribution in [-0.2, 0) is 20.6 Å². The second-order valence-electron chi connectivity index (χ2n) is 7.07. The van der Waals surface area contributed by atoms with Crippen molar-refractivity contribution in [2.24, 2.45) is 14.1 Å². The zero-order valence-corrected chi connectivity index (χ0v) is 17.0. The molecule has 2 heterocycles. The van der Waals surface area contributed by atoms with Gasteiger partial charge < -0.3 is 14.0 Å². The Morgan fingerprint density at radius 2 is 1.79 bits per heavy atom. The van der Waals surface area contributed by atoms with E-state index >= 15 is 0 Å². The van der Waals surface area contributed by atoms with Gasteiger partial charge in [0.05, 0.1) is 27.1 Å². The third-order valence-electron chi connectivity index (χ3n) is 5.27. The van der Waals surface area contributed by atoms with Gasteiger partial charge in [-0.25, -0.2) is 9.78 Å². The Hall–Kier alpha value is -3.55. The van der Waals surface area contributed by atoms with Crippen molar-refractivity contribution in [3.05, 3.63) is 62.6 Å². The van der Waals surface area contributed by atoms with Crippen molar-refractivity contribution >= 4 is 21.9 Å². The third kappa shape index (κ3) is 2.79. The van der Waals surface area contributed by atoms with Gasteiger partial charge in [0.15, 0.2) is 11.2 Å². The molecule has 2 aromatic carbocycles. The van der Waals surface area contributed by atoms with Crippen molar-refractivity contribution in [1.82, 2.24) is 18.7 Å². The molecule has 0 fully saturated rings. The lowest BCUT2D eigenvalue weighted by Crippen LogP contribution is -2.39. The summed E-state index contributed by atoms with van der Waals surface area (Å²) in [5.41, 5.74) is 1.75. The molecule has 0 aliphatic carbocycles. The van der Waals surface area contributed by atoms with E-state index < -0.39 is 5.69 Å². The summed E-state index contributed by atoms with van der Waals surface area (Å²) in [4.78, 5) is 29.9. The third-order valence-corrected chi connectivity index (χ3v) is 5.27. The van der Waals surface area contributed by atoms with Crippen molar-refractivity contribution < 1.29 is 9.47 Å². The summed E-state index contributed by atoms with van der Waals surface area (Å²) in [5, 5.41) is 1.77. The summed E-state index contributed by atoms with van der Waals surface area (Å²) < 4.78 is 15.3. The zero-order valence-electron chi connectivity index (χ0n) is 17.0. The molecule has 150 valence electrons. The van der Waals surface area contributed by atoms with Crippen molar-refractivity contribution in [2.45, 2.75) is 13.5 Å². The molecule has 0 radical (unpaired) electrons. The predicted octanol–water partition coefficient (Wildman–Crippen LogP) is 1.96. The van der Waals surface area contributed by atoms with E-state index in [2.05, 4.69) is 4.98 Å². The molecular formula is C21H22N4O4. The summed E-state index contributed by atoms with van der Waals surface area (Å²) in [6.07, 6.45) is 1.53. The molecule has 0 amide bonds. The minimum atomic E-state index is -0.407. The second-order valence-corrected chi connectivity index (χ2v) is 7.07. The van der Waals surface area contributed by atoms with Crippen molar-refractivity contribution in [1.29, 1.82) is 0 Å². The van der Waals surface area contributed by atoms with Crippen LogP contribution in [0.2, 0.25) is 0 Å². The van der Waals surface area contributed by atoms with Gasteiger partial charge in [-0.15, -0.1) is 0 Å². The Bertz CT molecular complexity index is 1380. The molecule has 8 heteroatoms. The fraction of sp³-hybridized carbons (Fsp3) is 0.286. The van der Waals surface area contributed by atoms with E-state index in [0.29, 0.717) is 11.2 Å². The molecule has 4 aromatic rings. The number of hydrogen-bond acceptors (Lipinski definition) is 5. The highest BCUT2D eigenvalue weighted by molar-refractivity contribution is 5.95. The molecule has 0 bridgehead atoms. The predicted molar refractivity (Wildman–Crippen MR) is 111 cm³/mol. The summed E-state index contributed by atoms with van der Waals surface area (Å²) in [6.45, 7) is 2.09. The van der Waals surface area contributed by atoms with Gasteiger partial charge in [-0.1, -0.05) is 12.1 Å². The number of fused-ring (bicyclic) bond motifs is 2. The van der Waals surface area contributed by atoms with E-state index in [4.69, 9.17) is 9.47 Å². The number of ether oxygens (including phenoxy) is 2. The first kappa shape index (κ1) is 18.8. The van der Waals surface area contributed by atoms with Gasteiger partial charge >= 0.3 is 5.69 Å². The number of aromatic nitrogens is 4. The minimum absolute atomic E-state index is 0.141. The van der Waals surface area contributed by atoms with Crippen LogP contribution in [-0.4, -0.2) is 32.9 Å². The Kier molecular flexibility index (Phi) is 4.41. The van der Waals surface area contributed by atoms with Crippen LogP contribution in [0.1, 0.15) is 11.1 Å². The average molecular weight is 394 g/mol. The van der Waals surface area contributed by atoms with E-state index in [-0.39, 0.29) is 12.1 Å². The number of nitrogens with zero attached hydrogens (tertiary/aromatic N) is 4. The molecule has 0 N–H and O–H groups in total. The van der Waals surface area contributed by atoms with Gasteiger partial charge in [0.2, 0.25) is 0 Å². The molecule has 0 saturated carbocycles. The molecule has 8 nitrogen and oxygen atoms in total. The molecule has 0 atom stereocenters. The molecule has 4 rings (SSSR count). The van der Waals surface area contributed by atoms with Crippen LogP contribution >= 0.6 is 0 Å². The van der Waals surface area contributed by atoms with Crippen LogP contribution in [0.15, 0.2) is 40.2 Å². The maximum atomic E-state index is 13.0. The number of hydrogen-bond donors (Lipinski definition) is 0. The summed E-state index contributed by atoms with van der Waals surface area (Å²) >= 11 is 0. The smallest absolute Gasteiger partial charge is 0.332 e. The van der Waals surface area contributed by atoms with Gasteiger partial charge in [-0.2, -0.15) is 0 Å². The molecular weight excluding hydrogens is 372 g/mol. The first-order valence-corrected chi connectivity index (χ1v) is 9.12. The van der Waals surface area contributed by atoms with Crippen molar-refractivity contribution in [3.63, 3.8) is 0 Å². The fourth-order valence-corrected chi connectivity index (χ4v) is 3.80. The normalized spacial score (nSPS) is 11.3. The number of imidazole rings is 1. The molecule has 29 heavy (non-hydrogen) atoms. The molecule has 2 aromatic heterocycles. The number of methoxy groups -OCH3 is 2. The average Bonchev–Trinajstić information content (AvgIpc) is 3.10. The molecule has 0 saturated heterocycles. The quantitative estimate of drug-likeness (QED) is 0.529. The lowest BCUT2D eigenvalue weighted by atomic mass is 10.0. The Balaban J connectivity index is 1.93. The topological polar surface area (TPSA) is 80.3 Å². The molecule has 0 aliphatic rings. The van der Waals surface area contributed by atoms with Crippen LogP contribution in [0, 0.1) is 6.92 Å². The van der Waals surface area contributed by atoms with E-state index in [1.807, 2.05) is 31.2 Å². The van der Waals surface area contributed by atoms with Gasteiger partial charge in [-0.05, 0) is 30.2 Å². The molecule has 0 unspecified atom stereocenters. The minimum Gasteiger partial charge on any atom is -0.496 e. The highest BCUT2D eigenvalue weighted by atomic mass is 16.5. The number of benzene rings is 2. The van der Waals surface area contributed by atoms with E-state index in [0.717, 1.165) is 33.4 Å². The SMILES string of the molecule is COc1cc(C)c(OC)c2cc(Cn3c(=O)c4c(ncn4C)n(C)c3=O)ccc12. The van der Waals surface area contributed by atoms with Crippen molar-refractivity contribution in [3.8, 4) is 11.5 Å². The van der Waals surface area contributed by atoms with E-state index in [9.17, 15) is 9.59 Å². The van der Waals surface area contributed by atoms with Gasteiger partial charge in [-0.3, -0.25) is 13.9 Å². The summed E-state index contributed by atoms with van der Waals surface area (Å²) in [6, 6.07) is 7.67. The van der Waals surface area contributed by atoms with Gasteiger partial charge in [0, 0.05) is 24.9 Å². The van der Waals surface area contributed by atoms with E-state index in [1.54, 1.807) is 32.9 Å². The van der Waals surface area contributed by atoms with E-state index in [1.165, 1.54) is 15.5 Å². The number of rotatable bonds is 4. The maximum absolute atomic E-state index is 13.0. The van der Waals surface area contributed by atoms with Crippen LogP contribution in [0.3, 0.4) is 0 Å². The summed E-state index contributed by atoms with van der Waals surface area (Å²) in [7, 11) is 6.60. The maximum Gasteiger partial charge on any atom is 0.332 e. The monoisotopic (exact) mass is 394 g/mol. The van der Waals surface area contributed by atoms with Crippen LogP contribution in [0.4, 0.5) is 0 Å². The van der Waals surface area contributed by atoms with Crippen LogP contribution < -0.4 is 20.7 Å².